The summed E-state index contributed by atoms with van der Waals surface area (Å²) in [7, 11) is -7.57. The predicted molar refractivity (Wildman–Crippen MR) is 239 cm³/mol. The van der Waals surface area contributed by atoms with E-state index in [2.05, 4.69) is 19.4 Å². The third kappa shape index (κ3) is 10.5. The number of halogens is 2. The lowest BCUT2D eigenvalue weighted by Crippen LogP contribution is -2.36. The fraction of sp³-hybridized carbons (Fsp3) is 0.333. The number of ether oxygens (including phenoxy) is 1. The molecule has 2 aliphatic carbocycles. The van der Waals surface area contributed by atoms with Crippen molar-refractivity contribution in [2.45, 2.75) is 106 Å². The summed E-state index contributed by atoms with van der Waals surface area (Å²) in [5.41, 5.74) is 5.60. The molecule has 8 rings (SSSR count). The standard InChI is InChI=1S/C23H25ClN2O4S.C22H23ClN2O4S/c1-15(27)30-14-19-18-9-5-6-10-21(18)25-23(19)16-11-12-20(24)22(13-16)31(28,29)26-17-7-3-2-4-8-17;23-18-11-10-14(12-20(18)30(28,29)25-15-6-2-1-3-7-15)22-17(13-21(26)27)16-8-4-5-9-19(16)24-22/h5-6,9-13,17,25-26H,2-4,7-8,14H2,1H3;4-5,8-12,15,24-25H,1-3,6-7,13H2,(H,26,27). The van der Waals surface area contributed by atoms with E-state index in [-0.39, 0.29) is 50.9 Å². The van der Waals surface area contributed by atoms with E-state index in [0.29, 0.717) is 28.1 Å². The number of H-pyrrole nitrogens is 2. The van der Waals surface area contributed by atoms with Crippen LogP contribution in [0, 0.1) is 0 Å². The molecular formula is C45H48Cl2N4O8S2. The molecule has 61 heavy (non-hydrogen) atoms. The van der Waals surface area contributed by atoms with E-state index in [1.807, 2.05) is 48.5 Å². The van der Waals surface area contributed by atoms with Crippen molar-refractivity contribution in [3.05, 3.63) is 106 Å². The van der Waals surface area contributed by atoms with E-state index in [9.17, 15) is 31.5 Å². The molecule has 0 amide bonds. The Morgan fingerprint density at radius 3 is 1.52 bits per heavy atom. The van der Waals surface area contributed by atoms with Gasteiger partial charge in [0.15, 0.2) is 0 Å². The van der Waals surface area contributed by atoms with E-state index in [4.69, 9.17) is 27.9 Å². The molecule has 4 aromatic carbocycles. The molecule has 2 saturated carbocycles. The molecule has 322 valence electrons. The number of carboxylic acid groups (broad SMARTS) is 1. The van der Waals surface area contributed by atoms with Crippen LogP contribution in [0.2, 0.25) is 10.0 Å². The summed E-state index contributed by atoms with van der Waals surface area (Å²) in [6, 6.07) is 24.7. The topological polar surface area (TPSA) is 188 Å². The van der Waals surface area contributed by atoms with Gasteiger partial charge in [0, 0.05) is 46.4 Å². The first kappa shape index (κ1) is 44.4. The molecule has 0 unspecified atom stereocenters. The Hall–Kier alpha value is -4.70. The fourth-order valence-electron chi connectivity index (χ4n) is 8.29. The third-order valence-electron chi connectivity index (χ3n) is 11.2. The second kappa shape index (κ2) is 19.1. The van der Waals surface area contributed by atoms with Gasteiger partial charge in [-0.15, -0.1) is 0 Å². The normalized spacial score (nSPS) is 15.4. The summed E-state index contributed by atoms with van der Waals surface area (Å²) in [5.74, 6) is -1.34. The molecule has 5 N–H and O–H groups in total. The van der Waals surface area contributed by atoms with E-state index in [0.717, 1.165) is 91.6 Å². The first-order valence-electron chi connectivity index (χ1n) is 20.4. The zero-order chi connectivity index (χ0) is 43.3. The summed E-state index contributed by atoms with van der Waals surface area (Å²) >= 11 is 12.6. The Kier molecular flexibility index (Phi) is 13.9. The van der Waals surface area contributed by atoms with Crippen LogP contribution in [0.3, 0.4) is 0 Å². The summed E-state index contributed by atoms with van der Waals surface area (Å²) < 4.78 is 63.2. The molecule has 0 atom stereocenters. The number of aromatic nitrogens is 2. The van der Waals surface area contributed by atoms with Gasteiger partial charge in [0.1, 0.15) is 16.4 Å². The van der Waals surface area contributed by atoms with Gasteiger partial charge >= 0.3 is 11.9 Å². The predicted octanol–water partition coefficient (Wildman–Crippen LogP) is 9.89. The minimum atomic E-state index is -3.80. The summed E-state index contributed by atoms with van der Waals surface area (Å²) in [4.78, 5) is 29.5. The molecule has 16 heteroatoms. The maximum absolute atomic E-state index is 13.1. The van der Waals surface area contributed by atoms with Crippen molar-refractivity contribution in [1.82, 2.24) is 19.4 Å². The molecule has 12 nitrogen and oxygen atoms in total. The van der Waals surface area contributed by atoms with Crippen molar-refractivity contribution in [1.29, 1.82) is 0 Å². The molecule has 6 aromatic rings. The Balaban J connectivity index is 0.000000184. The van der Waals surface area contributed by atoms with Crippen molar-refractivity contribution in [3.63, 3.8) is 0 Å². The van der Waals surface area contributed by atoms with Crippen LogP contribution in [0.1, 0.15) is 82.3 Å². The third-order valence-corrected chi connectivity index (χ3v) is 15.3. The van der Waals surface area contributed by atoms with Gasteiger partial charge in [0.25, 0.3) is 0 Å². The van der Waals surface area contributed by atoms with Gasteiger partial charge in [0.05, 0.1) is 27.9 Å². The Morgan fingerprint density at radius 1 is 0.656 bits per heavy atom. The number of hydrogen-bond donors (Lipinski definition) is 5. The molecule has 0 spiro atoms. The number of esters is 1. The van der Waals surface area contributed by atoms with Gasteiger partial charge < -0.3 is 19.8 Å². The molecule has 0 radical (unpaired) electrons. The highest BCUT2D eigenvalue weighted by Gasteiger charge is 2.27. The summed E-state index contributed by atoms with van der Waals surface area (Å²) in [6.45, 7) is 1.44. The molecule has 0 saturated heterocycles. The second-order valence-corrected chi connectivity index (χ2v) is 19.8. The summed E-state index contributed by atoms with van der Waals surface area (Å²) in [5, 5.41) is 11.4. The lowest BCUT2D eigenvalue weighted by Gasteiger charge is -2.23. The second-order valence-electron chi connectivity index (χ2n) is 15.6. The monoisotopic (exact) mass is 906 g/mol. The fourth-order valence-corrected chi connectivity index (χ4v) is 11.9. The van der Waals surface area contributed by atoms with Crippen LogP contribution in [0.15, 0.2) is 94.7 Å². The lowest BCUT2D eigenvalue weighted by atomic mass is 9.96. The summed E-state index contributed by atoms with van der Waals surface area (Å²) in [6.07, 6.45) is 9.47. The maximum atomic E-state index is 13.1. The highest BCUT2D eigenvalue weighted by molar-refractivity contribution is 7.90. The Labute approximate surface area is 365 Å². The maximum Gasteiger partial charge on any atom is 0.307 e. The van der Waals surface area contributed by atoms with Crippen molar-refractivity contribution in [2.75, 3.05) is 0 Å². The van der Waals surface area contributed by atoms with Crippen LogP contribution in [-0.2, 0) is 47.4 Å². The van der Waals surface area contributed by atoms with Crippen LogP contribution in [-0.4, -0.2) is 55.9 Å². The Morgan fingerprint density at radius 2 is 1.08 bits per heavy atom. The number of nitrogens with one attached hydrogen (secondary N) is 4. The molecule has 0 bridgehead atoms. The number of para-hydroxylation sites is 2. The smallest absolute Gasteiger partial charge is 0.307 e. The van der Waals surface area contributed by atoms with E-state index in [1.54, 1.807) is 30.3 Å². The zero-order valence-corrected chi connectivity index (χ0v) is 36.7. The molecule has 2 heterocycles. The number of benzene rings is 4. The van der Waals surface area contributed by atoms with Crippen molar-refractivity contribution in [2.24, 2.45) is 0 Å². The first-order chi connectivity index (χ1) is 29.2. The SMILES string of the molecule is CC(=O)OCc1c(-c2ccc(Cl)c(S(=O)(=O)NC3CCCCC3)c2)[nH]c2ccccc12.O=C(O)Cc1c(-c2ccc(Cl)c(S(=O)(=O)NC3CCCCC3)c2)[nH]c2ccccc12. The van der Waals surface area contributed by atoms with E-state index in [1.165, 1.54) is 13.0 Å². The van der Waals surface area contributed by atoms with Gasteiger partial charge in [-0.1, -0.05) is 110 Å². The van der Waals surface area contributed by atoms with Gasteiger partial charge in [-0.3, -0.25) is 9.59 Å². The number of carbonyl (C=O) groups is 2. The average Bonchev–Trinajstić information content (AvgIpc) is 3.79. The van der Waals surface area contributed by atoms with E-state index < -0.39 is 26.0 Å². The number of sulfonamides is 2. The Bertz CT molecular complexity index is 2790. The average molecular weight is 908 g/mol. The van der Waals surface area contributed by atoms with Crippen molar-refractivity contribution in [3.8, 4) is 22.5 Å². The van der Waals surface area contributed by atoms with E-state index >= 15 is 0 Å². The van der Waals surface area contributed by atoms with Gasteiger partial charge in [-0.25, -0.2) is 26.3 Å². The number of aromatic amines is 2. The van der Waals surface area contributed by atoms with Crippen molar-refractivity contribution < 1.29 is 36.3 Å². The molecule has 2 fully saturated rings. The molecular weight excluding hydrogens is 860 g/mol. The van der Waals surface area contributed by atoms with Crippen LogP contribution >= 0.6 is 23.2 Å². The number of hydrogen-bond acceptors (Lipinski definition) is 7. The van der Waals surface area contributed by atoms with Crippen LogP contribution in [0.5, 0.6) is 0 Å². The number of carbonyl (C=O) groups excluding carboxylic acids is 1. The number of aliphatic carboxylic acids is 1. The van der Waals surface area contributed by atoms with Gasteiger partial charge in [-0.2, -0.15) is 0 Å². The largest absolute Gasteiger partial charge is 0.481 e. The van der Waals surface area contributed by atoms with Crippen LogP contribution < -0.4 is 9.44 Å². The lowest BCUT2D eigenvalue weighted by molar-refractivity contribution is -0.142. The van der Waals surface area contributed by atoms with Crippen LogP contribution in [0.25, 0.3) is 44.3 Å². The minimum absolute atomic E-state index is 0.00664. The highest BCUT2D eigenvalue weighted by atomic mass is 35.5. The number of rotatable bonds is 12. The number of carboxylic acids is 1. The quantitative estimate of drug-likeness (QED) is 0.0751. The van der Waals surface area contributed by atoms with Gasteiger partial charge in [-0.05, 0) is 78.8 Å². The zero-order valence-electron chi connectivity index (χ0n) is 33.6. The minimum Gasteiger partial charge on any atom is -0.481 e. The number of fused-ring (bicyclic) bond motifs is 2. The molecule has 2 aliphatic rings. The first-order valence-corrected chi connectivity index (χ1v) is 24.1. The molecule has 2 aromatic heterocycles. The van der Waals surface area contributed by atoms with Crippen molar-refractivity contribution >= 4 is 77.0 Å². The highest BCUT2D eigenvalue weighted by Crippen LogP contribution is 2.36. The molecule has 0 aliphatic heterocycles. The van der Waals surface area contributed by atoms with Crippen LogP contribution in [0.4, 0.5) is 0 Å². The van der Waals surface area contributed by atoms with Gasteiger partial charge in [0.2, 0.25) is 20.0 Å².